The molecule has 0 radical (unpaired) electrons. The van der Waals surface area contributed by atoms with Gasteiger partial charge < -0.3 is 15.0 Å². The number of carbonyl (C=O) groups is 1. The van der Waals surface area contributed by atoms with Crippen LogP contribution in [0.1, 0.15) is 17.3 Å². The van der Waals surface area contributed by atoms with E-state index in [1.165, 1.54) is 24.7 Å². The van der Waals surface area contributed by atoms with E-state index in [0.717, 1.165) is 12.1 Å². The second-order valence-corrected chi connectivity index (χ2v) is 4.71. The van der Waals surface area contributed by atoms with Crippen LogP contribution in [0.5, 0.6) is 5.75 Å². The molecule has 0 bridgehead atoms. The molecule has 0 fully saturated rings. The Kier molecular flexibility index (Phi) is 5.37. The summed E-state index contributed by atoms with van der Waals surface area (Å²) >= 11 is 0. The number of aromatic amines is 1. The Morgan fingerprint density at radius 3 is 2.58 bits per heavy atom. The van der Waals surface area contributed by atoms with Gasteiger partial charge in [0, 0.05) is 17.5 Å². The maximum absolute atomic E-state index is 13.3. The van der Waals surface area contributed by atoms with Crippen LogP contribution < -0.4 is 10.1 Å². The van der Waals surface area contributed by atoms with E-state index in [2.05, 4.69) is 14.7 Å². The number of hydrogen-bond donors (Lipinski definition) is 2. The van der Waals surface area contributed by atoms with E-state index in [4.69, 9.17) is 0 Å². The SMILES string of the molecule is O=C(Cc1cnc[nH]1)NC(c1ccccc1OC(F)F)C(F)(F)F. The number of rotatable bonds is 6. The molecule has 24 heavy (non-hydrogen) atoms. The molecular weight excluding hydrogens is 337 g/mol. The first-order valence-corrected chi connectivity index (χ1v) is 6.64. The van der Waals surface area contributed by atoms with Crippen LogP contribution >= 0.6 is 0 Å². The lowest BCUT2D eigenvalue weighted by Crippen LogP contribution is -2.39. The van der Waals surface area contributed by atoms with Crippen molar-refractivity contribution in [3.8, 4) is 5.75 Å². The van der Waals surface area contributed by atoms with Gasteiger partial charge in [-0.15, -0.1) is 0 Å². The van der Waals surface area contributed by atoms with Gasteiger partial charge in [0.25, 0.3) is 0 Å². The summed E-state index contributed by atoms with van der Waals surface area (Å²) in [5.74, 6) is -1.61. The van der Waals surface area contributed by atoms with Crippen molar-refractivity contribution in [1.29, 1.82) is 0 Å². The number of halogens is 5. The maximum Gasteiger partial charge on any atom is 0.413 e. The number of H-pyrrole nitrogens is 1. The van der Waals surface area contributed by atoms with Crippen molar-refractivity contribution < 1.29 is 31.5 Å². The summed E-state index contributed by atoms with van der Waals surface area (Å²) in [6.07, 6.45) is -2.71. The van der Waals surface area contributed by atoms with Gasteiger partial charge in [-0.25, -0.2) is 4.98 Å². The van der Waals surface area contributed by atoms with E-state index in [9.17, 15) is 26.7 Å². The third kappa shape index (κ3) is 4.67. The molecule has 0 aliphatic carbocycles. The summed E-state index contributed by atoms with van der Waals surface area (Å²) in [5.41, 5.74) is -0.297. The number of amides is 1. The van der Waals surface area contributed by atoms with E-state index in [-0.39, 0.29) is 6.42 Å². The van der Waals surface area contributed by atoms with Crippen LogP contribution in [0, 0.1) is 0 Å². The van der Waals surface area contributed by atoms with Crippen molar-refractivity contribution in [1.82, 2.24) is 15.3 Å². The van der Waals surface area contributed by atoms with E-state index >= 15 is 0 Å². The molecule has 1 amide bonds. The van der Waals surface area contributed by atoms with Gasteiger partial charge in [0.1, 0.15) is 5.75 Å². The van der Waals surface area contributed by atoms with Gasteiger partial charge in [-0.05, 0) is 6.07 Å². The normalized spacial score (nSPS) is 12.9. The second kappa shape index (κ2) is 7.28. The van der Waals surface area contributed by atoms with Gasteiger partial charge in [-0.1, -0.05) is 18.2 Å². The van der Waals surface area contributed by atoms with Crippen molar-refractivity contribution in [2.75, 3.05) is 0 Å². The number of carbonyl (C=O) groups excluding carboxylic acids is 1. The topological polar surface area (TPSA) is 67.0 Å². The average Bonchev–Trinajstić information content (AvgIpc) is 2.97. The van der Waals surface area contributed by atoms with Gasteiger partial charge in [0.2, 0.25) is 5.91 Å². The molecule has 1 atom stereocenters. The van der Waals surface area contributed by atoms with Crippen molar-refractivity contribution in [3.63, 3.8) is 0 Å². The molecule has 0 saturated heterocycles. The number of nitrogens with zero attached hydrogens (tertiary/aromatic N) is 1. The molecule has 2 aromatic rings. The lowest BCUT2D eigenvalue weighted by Gasteiger charge is -2.24. The quantitative estimate of drug-likeness (QED) is 0.788. The molecule has 1 heterocycles. The molecule has 0 saturated carbocycles. The number of nitrogens with one attached hydrogen (secondary N) is 2. The van der Waals surface area contributed by atoms with Gasteiger partial charge in [-0.3, -0.25) is 4.79 Å². The zero-order valence-corrected chi connectivity index (χ0v) is 12.0. The number of hydrogen-bond acceptors (Lipinski definition) is 3. The third-order valence-electron chi connectivity index (χ3n) is 2.98. The van der Waals surface area contributed by atoms with Crippen LogP contribution in [0.25, 0.3) is 0 Å². The van der Waals surface area contributed by atoms with E-state index in [1.54, 1.807) is 5.32 Å². The molecule has 0 aliphatic heterocycles. The monoisotopic (exact) mass is 349 g/mol. The molecule has 2 N–H and O–H groups in total. The molecule has 10 heteroatoms. The zero-order chi connectivity index (χ0) is 17.7. The predicted octanol–water partition coefficient (Wildman–Crippen LogP) is 2.97. The Hall–Kier alpha value is -2.65. The highest BCUT2D eigenvalue weighted by molar-refractivity contribution is 5.78. The molecule has 130 valence electrons. The number of imidazole rings is 1. The smallest absolute Gasteiger partial charge is 0.413 e. The molecule has 2 rings (SSSR count). The zero-order valence-electron chi connectivity index (χ0n) is 12.0. The second-order valence-electron chi connectivity index (χ2n) is 4.71. The highest BCUT2D eigenvalue weighted by Crippen LogP contribution is 2.37. The Bertz CT molecular complexity index is 673. The molecular formula is C14H12F5N3O2. The fraction of sp³-hybridized carbons (Fsp3) is 0.286. The summed E-state index contributed by atoms with van der Waals surface area (Å²) < 4.78 is 68.7. The first-order valence-electron chi connectivity index (χ1n) is 6.64. The van der Waals surface area contributed by atoms with Crippen molar-refractivity contribution in [2.45, 2.75) is 25.3 Å². The summed E-state index contributed by atoms with van der Waals surface area (Å²) in [4.78, 5) is 18.1. The highest BCUT2D eigenvalue weighted by atomic mass is 19.4. The lowest BCUT2D eigenvalue weighted by atomic mass is 10.0. The first kappa shape index (κ1) is 17.7. The highest BCUT2D eigenvalue weighted by Gasteiger charge is 2.43. The number of aromatic nitrogens is 2. The fourth-order valence-corrected chi connectivity index (χ4v) is 2.02. The molecule has 1 aromatic heterocycles. The van der Waals surface area contributed by atoms with Crippen molar-refractivity contribution in [3.05, 3.63) is 48.0 Å². The van der Waals surface area contributed by atoms with Crippen LogP contribution in [0.3, 0.4) is 0 Å². The number of benzene rings is 1. The van der Waals surface area contributed by atoms with Gasteiger partial charge >= 0.3 is 12.8 Å². The molecule has 1 unspecified atom stereocenters. The number of alkyl halides is 5. The summed E-state index contributed by atoms with van der Waals surface area (Å²) in [7, 11) is 0. The van der Waals surface area contributed by atoms with Gasteiger partial charge in [0.05, 0.1) is 12.7 Å². The lowest BCUT2D eigenvalue weighted by molar-refractivity contribution is -0.164. The minimum Gasteiger partial charge on any atom is -0.434 e. The van der Waals surface area contributed by atoms with Crippen molar-refractivity contribution in [2.24, 2.45) is 0 Å². The van der Waals surface area contributed by atoms with E-state index in [0.29, 0.717) is 5.69 Å². The maximum atomic E-state index is 13.3. The van der Waals surface area contributed by atoms with E-state index < -0.39 is 36.0 Å². The first-order chi connectivity index (χ1) is 11.3. The van der Waals surface area contributed by atoms with Crippen LogP contribution in [0.2, 0.25) is 0 Å². The van der Waals surface area contributed by atoms with Crippen LogP contribution in [-0.2, 0) is 11.2 Å². The van der Waals surface area contributed by atoms with E-state index in [1.807, 2.05) is 0 Å². The Labute approximate surface area is 132 Å². The Morgan fingerprint density at radius 1 is 1.29 bits per heavy atom. The summed E-state index contributed by atoms with van der Waals surface area (Å²) in [5, 5.41) is 1.79. The third-order valence-corrected chi connectivity index (χ3v) is 2.98. The molecule has 1 aromatic carbocycles. The number of ether oxygens (including phenoxy) is 1. The van der Waals surface area contributed by atoms with Crippen LogP contribution in [-0.4, -0.2) is 28.7 Å². The standard InChI is InChI=1S/C14H12F5N3O2/c15-13(16)24-10-4-2-1-3-9(10)12(14(17,18)19)22-11(23)5-8-6-20-7-21-8/h1-4,6-7,12-13H,5H2,(H,20,21)(H,22,23). The fourth-order valence-electron chi connectivity index (χ4n) is 2.02. The molecule has 0 aliphatic rings. The van der Waals surface area contributed by atoms with Gasteiger partial charge in [-0.2, -0.15) is 22.0 Å². The van der Waals surface area contributed by atoms with Gasteiger partial charge in [0.15, 0.2) is 6.04 Å². The minimum absolute atomic E-state index is 0.311. The largest absolute Gasteiger partial charge is 0.434 e. The Balaban J connectivity index is 2.24. The van der Waals surface area contributed by atoms with Crippen LogP contribution in [0.4, 0.5) is 22.0 Å². The molecule has 0 spiro atoms. The van der Waals surface area contributed by atoms with Crippen LogP contribution in [0.15, 0.2) is 36.8 Å². The number of para-hydroxylation sites is 1. The molecule has 5 nitrogen and oxygen atoms in total. The average molecular weight is 349 g/mol. The Morgan fingerprint density at radius 2 is 2.00 bits per heavy atom. The summed E-state index contributed by atoms with van der Waals surface area (Å²) in [6.45, 7) is -3.29. The minimum atomic E-state index is -4.90. The predicted molar refractivity (Wildman–Crippen MR) is 72.3 cm³/mol. The van der Waals surface area contributed by atoms with Crippen molar-refractivity contribution >= 4 is 5.91 Å². The summed E-state index contributed by atoms with van der Waals surface area (Å²) in [6, 6.07) is 1.94.